The van der Waals surface area contributed by atoms with Gasteiger partial charge in [0.05, 0.1) is 25.2 Å². The van der Waals surface area contributed by atoms with E-state index in [0.29, 0.717) is 0 Å². The van der Waals surface area contributed by atoms with E-state index in [1.54, 1.807) is 6.92 Å². The molecule has 0 aliphatic carbocycles. The Bertz CT molecular complexity index is 1220. The van der Waals surface area contributed by atoms with Gasteiger partial charge >= 0.3 is 23.7 Å². The van der Waals surface area contributed by atoms with Gasteiger partial charge in [-0.05, 0) is 32.1 Å². The molecule has 3 rings (SSSR count). The van der Waals surface area contributed by atoms with E-state index >= 15 is 0 Å². The third-order valence-electron chi connectivity index (χ3n) is 4.76. The van der Waals surface area contributed by atoms with Crippen LogP contribution in [-0.2, 0) is 25.6 Å². The fraction of sp³-hybridized carbons (Fsp3) is 0.273. The number of furan rings is 1. The van der Waals surface area contributed by atoms with Crippen LogP contribution in [0.2, 0.25) is 0 Å². The zero-order valence-corrected chi connectivity index (χ0v) is 18.9. The highest BCUT2D eigenvalue weighted by Gasteiger charge is 2.35. The van der Waals surface area contributed by atoms with Gasteiger partial charge in [0.25, 0.3) is 5.91 Å². The molecule has 1 fully saturated rings. The maximum absolute atomic E-state index is 12.9. The topological polar surface area (TPSA) is 168 Å². The SMILES string of the molecule is CCOC(=O)[C@@H](C)Oc1c(/C=C2\NC(=O)N(Cc3ccc(C(=O)OC)o3)C2=O)cccc1[N+](=O)[O-]. The molecular formula is C22H21N3O10. The van der Waals surface area contributed by atoms with Crippen molar-refractivity contribution < 1.29 is 42.7 Å². The van der Waals surface area contributed by atoms with Gasteiger partial charge in [0, 0.05) is 11.6 Å². The highest BCUT2D eigenvalue weighted by Crippen LogP contribution is 2.34. The summed E-state index contributed by atoms with van der Waals surface area (Å²) in [5.41, 5.74) is -0.564. The number of methoxy groups -OCH3 is 1. The molecule has 35 heavy (non-hydrogen) atoms. The van der Waals surface area contributed by atoms with Crippen LogP contribution in [0.4, 0.5) is 10.5 Å². The number of para-hydroxylation sites is 1. The fourth-order valence-electron chi connectivity index (χ4n) is 3.11. The maximum Gasteiger partial charge on any atom is 0.373 e. The summed E-state index contributed by atoms with van der Waals surface area (Å²) in [6.45, 7) is 2.77. The van der Waals surface area contributed by atoms with Crippen LogP contribution in [-0.4, -0.2) is 53.5 Å². The van der Waals surface area contributed by atoms with Gasteiger partial charge in [-0.3, -0.25) is 19.8 Å². The summed E-state index contributed by atoms with van der Waals surface area (Å²) in [7, 11) is 1.18. The normalized spacial score (nSPS) is 15.1. The molecule has 0 spiro atoms. The van der Waals surface area contributed by atoms with Gasteiger partial charge in [0.15, 0.2) is 6.10 Å². The van der Waals surface area contributed by atoms with Crippen molar-refractivity contribution >= 4 is 35.6 Å². The number of imide groups is 1. The van der Waals surface area contributed by atoms with Crippen LogP contribution in [0.5, 0.6) is 5.75 Å². The molecule has 13 nitrogen and oxygen atoms in total. The van der Waals surface area contributed by atoms with Crippen molar-refractivity contribution in [3.63, 3.8) is 0 Å². The molecule has 1 aromatic heterocycles. The van der Waals surface area contributed by atoms with Crippen LogP contribution < -0.4 is 10.1 Å². The van der Waals surface area contributed by atoms with Crippen LogP contribution in [0.25, 0.3) is 6.08 Å². The molecule has 1 aliphatic rings. The van der Waals surface area contributed by atoms with E-state index in [1.165, 1.54) is 50.4 Å². The third-order valence-corrected chi connectivity index (χ3v) is 4.76. The minimum absolute atomic E-state index is 0.0758. The van der Waals surface area contributed by atoms with Crippen molar-refractivity contribution in [2.24, 2.45) is 0 Å². The average Bonchev–Trinajstić information content (AvgIpc) is 3.40. The number of nitro groups is 1. The number of rotatable bonds is 9. The van der Waals surface area contributed by atoms with E-state index in [4.69, 9.17) is 13.9 Å². The predicted octanol–water partition coefficient (Wildman–Crippen LogP) is 2.40. The molecule has 0 radical (unpaired) electrons. The smallest absolute Gasteiger partial charge is 0.373 e. The lowest BCUT2D eigenvalue weighted by atomic mass is 10.1. The van der Waals surface area contributed by atoms with Crippen LogP contribution >= 0.6 is 0 Å². The van der Waals surface area contributed by atoms with Crippen molar-refractivity contribution in [2.75, 3.05) is 13.7 Å². The molecule has 3 amide bonds. The number of hydrogen-bond acceptors (Lipinski definition) is 10. The number of nitrogens with one attached hydrogen (secondary N) is 1. The second-order valence-corrected chi connectivity index (χ2v) is 7.10. The minimum Gasteiger partial charge on any atom is -0.471 e. The molecule has 2 aromatic rings. The highest BCUT2D eigenvalue weighted by molar-refractivity contribution is 6.14. The van der Waals surface area contributed by atoms with E-state index in [0.717, 1.165) is 4.90 Å². The Kier molecular flexibility index (Phi) is 7.49. The fourth-order valence-corrected chi connectivity index (χ4v) is 3.11. The Labute approximate surface area is 198 Å². The molecule has 13 heteroatoms. The quantitative estimate of drug-likeness (QED) is 0.182. The molecule has 184 valence electrons. The van der Waals surface area contributed by atoms with Crippen LogP contribution in [0.1, 0.15) is 35.7 Å². The van der Waals surface area contributed by atoms with E-state index in [-0.39, 0.29) is 41.7 Å². The molecule has 1 aromatic carbocycles. The van der Waals surface area contributed by atoms with Gasteiger partial charge < -0.3 is 23.9 Å². The lowest BCUT2D eigenvalue weighted by molar-refractivity contribution is -0.386. The Hall–Kier alpha value is -4.68. The van der Waals surface area contributed by atoms with E-state index in [1.807, 2.05) is 0 Å². The lowest BCUT2D eigenvalue weighted by Gasteiger charge is -2.15. The summed E-state index contributed by atoms with van der Waals surface area (Å²) in [5, 5.41) is 13.9. The maximum atomic E-state index is 12.9. The molecular weight excluding hydrogens is 466 g/mol. The van der Waals surface area contributed by atoms with Gasteiger partial charge in [-0.2, -0.15) is 0 Å². The van der Waals surface area contributed by atoms with Gasteiger partial charge in [-0.1, -0.05) is 12.1 Å². The molecule has 1 N–H and O–H groups in total. The lowest BCUT2D eigenvalue weighted by Crippen LogP contribution is -2.30. The summed E-state index contributed by atoms with van der Waals surface area (Å²) >= 11 is 0. The number of esters is 2. The largest absolute Gasteiger partial charge is 0.471 e. The average molecular weight is 487 g/mol. The van der Waals surface area contributed by atoms with Crippen molar-refractivity contribution in [3.8, 4) is 5.75 Å². The number of nitrogens with zero attached hydrogens (tertiary/aromatic N) is 2. The Morgan fingerprint density at radius 1 is 1.26 bits per heavy atom. The van der Waals surface area contributed by atoms with E-state index in [9.17, 15) is 29.3 Å². The molecule has 2 heterocycles. The van der Waals surface area contributed by atoms with Crippen LogP contribution in [0.3, 0.4) is 0 Å². The van der Waals surface area contributed by atoms with Crippen LogP contribution in [0, 0.1) is 10.1 Å². The number of carbonyl (C=O) groups is 4. The summed E-state index contributed by atoms with van der Waals surface area (Å²) in [6, 6.07) is 5.94. The predicted molar refractivity (Wildman–Crippen MR) is 117 cm³/mol. The van der Waals surface area contributed by atoms with Crippen molar-refractivity contribution in [3.05, 3.63) is 63.2 Å². The van der Waals surface area contributed by atoms with Crippen molar-refractivity contribution in [1.29, 1.82) is 0 Å². The zero-order chi connectivity index (χ0) is 25.7. The molecule has 0 saturated carbocycles. The summed E-state index contributed by atoms with van der Waals surface area (Å²) in [5.74, 6) is -2.42. The van der Waals surface area contributed by atoms with Crippen molar-refractivity contribution in [1.82, 2.24) is 10.2 Å². The number of urea groups is 1. The second kappa shape index (κ2) is 10.5. The van der Waals surface area contributed by atoms with Crippen molar-refractivity contribution in [2.45, 2.75) is 26.5 Å². The summed E-state index contributed by atoms with van der Waals surface area (Å²) in [6.07, 6.45) is 0.0177. The molecule has 0 unspecified atom stereocenters. The highest BCUT2D eigenvalue weighted by atomic mass is 16.6. The summed E-state index contributed by atoms with van der Waals surface area (Å²) in [4.78, 5) is 60.4. The Morgan fingerprint density at radius 3 is 2.66 bits per heavy atom. The van der Waals surface area contributed by atoms with Gasteiger partial charge in [0.1, 0.15) is 11.5 Å². The van der Waals surface area contributed by atoms with E-state index < -0.39 is 40.6 Å². The standard InChI is InChI=1S/C22H21N3O10/c1-4-33-20(27)12(2)34-18-13(6-5-7-16(18)25(30)31)10-15-19(26)24(22(29)23-15)11-14-8-9-17(35-14)21(28)32-3/h5-10,12H,4,11H2,1-3H3,(H,23,29)/b15-10-/t12-/m1/s1. The first-order chi connectivity index (χ1) is 16.7. The number of nitro benzene ring substituents is 1. The molecule has 1 aliphatic heterocycles. The zero-order valence-electron chi connectivity index (χ0n) is 18.9. The number of ether oxygens (including phenoxy) is 3. The van der Waals surface area contributed by atoms with Gasteiger partial charge in [-0.15, -0.1) is 0 Å². The first-order valence-electron chi connectivity index (χ1n) is 10.3. The number of benzene rings is 1. The molecule has 0 bridgehead atoms. The monoisotopic (exact) mass is 487 g/mol. The van der Waals surface area contributed by atoms with E-state index in [2.05, 4.69) is 10.1 Å². The molecule has 1 saturated heterocycles. The third kappa shape index (κ3) is 5.46. The molecule has 1 atom stereocenters. The Morgan fingerprint density at radius 2 is 2.00 bits per heavy atom. The first-order valence-corrected chi connectivity index (χ1v) is 10.3. The number of carbonyl (C=O) groups excluding carboxylic acids is 4. The second-order valence-electron chi connectivity index (χ2n) is 7.10. The first kappa shape index (κ1) is 25.0. The number of amides is 3. The number of hydrogen-bond donors (Lipinski definition) is 1. The minimum atomic E-state index is -1.18. The summed E-state index contributed by atoms with van der Waals surface area (Å²) < 4.78 is 20.2. The Balaban J connectivity index is 1.89. The van der Waals surface area contributed by atoms with Gasteiger partial charge in [0.2, 0.25) is 11.5 Å². The van der Waals surface area contributed by atoms with Crippen LogP contribution in [0.15, 0.2) is 40.4 Å². The van der Waals surface area contributed by atoms with Gasteiger partial charge in [-0.25, -0.2) is 14.4 Å².